The Labute approximate surface area is 108 Å². The van der Waals surface area contributed by atoms with Gasteiger partial charge in [0.1, 0.15) is 11.4 Å². The SMILES string of the molecule is CC(C)(C)OC(=O)NCCCc1cccc(N)n1. The number of rotatable bonds is 4. The van der Waals surface area contributed by atoms with Crippen molar-refractivity contribution in [2.75, 3.05) is 12.3 Å². The van der Waals surface area contributed by atoms with Crippen molar-refractivity contribution in [1.29, 1.82) is 0 Å². The molecule has 0 bridgehead atoms. The molecule has 100 valence electrons. The van der Waals surface area contributed by atoms with E-state index < -0.39 is 5.60 Å². The molecule has 3 N–H and O–H groups in total. The molecular weight excluding hydrogens is 230 g/mol. The number of anilines is 1. The van der Waals surface area contributed by atoms with Crippen molar-refractivity contribution in [3.63, 3.8) is 0 Å². The maximum absolute atomic E-state index is 11.4. The first kappa shape index (κ1) is 14.3. The summed E-state index contributed by atoms with van der Waals surface area (Å²) in [5, 5.41) is 2.70. The number of amides is 1. The number of ether oxygens (including phenoxy) is 1. The Bertz CT molecular complexity index is 399. The van der Waals surface area contributed by atoms with Gasteiger partial charge in [-0.2, -0.15) is 0 Å². The van der Waals surface area contributed by atoms with Crippen molar-refractivity contribution >= 4 is 11.9 Å². The van der Waals surface area contributed by atoms with E-state index in [1.54, 1.807) is 6.07 Å². The van der Waals surface area contributed by atoms with Crippen LogP contribution in [0, 0.1) is 0 Å². The van der Waals surface area contributed by atoms with Crippen molar-refractivity contribution < 1.29 is 9.53 Å². The van der Waals surface area contributed by atoms with Crippen LogP contribution in [0.3, 0.4) is 0 Å². The highest BCUT2D eigenvalue weighted by Crippen LogP contribution is 2.06. The topological polar surface area (TPSA) is 77.2 Å². The highest BCUT2D eigenvalue weighted by Gasteiger charge is 2.15. The van der Waals surface area contributed by atoms with Gasteiger partial charge < -0.3 is 15.8 Å². The average Bonchev–Trinajstić information content (AvgIpc) is 2.22. The summed E-state index contributed by atoms with van der Waals surface area (Å²) in [6.07, 6.45) is 1.19. The monoisotopic (exact) mass is 251 g/mol. The first-order valence-electron chi connectivity index (χ1n) is 6.05. The normalized spacial score (nSPS) is 11.1. The number of nitrogens with one attached hydrogen (secondary N) is 1. The lowest BCUT2D eigenvalue weighted by Gasteiger charge is -2.19. The van der Waals surface area contributed by atoms with Crippen LogP contribution in [-0.2, 0) is 11.2 Å². The highest BCUT2D eigenvalue weighted by molar-refractivity contribution is 5.67. The predicted molar refractivity (Wildman–Crippen MR) is 71.2 cm³/mol. The van der Waals surface area contributed by atoms with Gasteiger partial charge in [-0.15, -0.1) is 0 Å². The molecule has 18 heavy (non-hydrogen) atoms. The van der Waals surface area contributed by atoms with Crippen molar-refractivity contribution in [3.05, 3.63) is 23.9 Å². The van der Waals surface area contributed by atoms with Crippen LogP contribution in [0.1, 0.15) is 32.9 Å². The lowest BCUT2D eigenvalue weighted by atomic mass is 10.2. The van der Waals surface area contributed by atoms with Gasteiger partial charge in [-0.25, -0.2) is 9.78 Å². The number of aromatic nitrogens is 1. The molecule has 0 atom stereocenters. The van der Waals surface area contributed by atoms with Crippen LogP contribution in [0.15, 0.2) is 18.2 Å². The Kier molecular flexibility index (Phi) is 4.95. The average molecular weight is 251 g/mol. The lowest BCUT2D eigenvalue weighted by molar-refractivity contribution is 0.0527. The summed E-state index contributed by atoms with van der Waals surface area (Å²) >= 11 is 0. The highest BCUT2D eigenvalue weighted by atomic mass is 16.6. The van der Waals surface area contributed by atoms with Gasteiger partial charge in [0, 0.05) is 12.2 Å². The summed E-state index contributed by atoms with van der Waals surface area (Å²) in [7, 11) is 0. The number of carbonyl (C=O) groups is 1. The standard InChI is InChI=1S/C13H21N3O2/c1-13(2,3)18-12(17)15-9-5-7-10-6-4-8-11(14)16-10/h4,6,8H,5,7,9H2,1-3H3,(H2,14,16)(H,15,17). The summed E-state index contributed by atoms with van der Waals surface area (Å²) in [4.78, 5) is 15.5. The molecule has 0 saturated heterocycles. The van der Waals surface area contributed by atoms with Crippen molar-refractivity contribution in [3.8, 4) is 0 Å². The van der Waals surface area contributed by atoms with E-state index in [0.29, 0.717) is 12.4 Å². The first-order valence-corrected chi connectivity index (χ1v) is 6.05. The molecule has 0 fully saturated rings. The van der Waals surface area contributed by atoms with Gasteiger partial charge in [-0.05, 0) is 45.7 Å². The van der Waals surface area contributed by atoms with Crippen LogP contribution in [0.25, 0.3) is 0 Å². The zero-order valence-electron chi connectivity index (χ0n) is 11.2. The molecule has 0 aliphatic heterocycles. The molecular formula is C13H21N3O2. The quantitative estimate of drug-likeness (QED) is 0.803. The number of nitrogen functional groups attached to an aromatic ring is 1. The summed E-state index contributed by atoms with van der Waals surface area (Å²) in [5.74, 6) is 0.521. The Morgan fingerprint density at radius 2 is 2.17 bits per heavy atom. The van der Waals surface area contributed by atoms with Gasteiger partial charge in [0.05, 0.1) is 0 Å². The second-order valence-electron chi connectivity index (χ2n) is 5.09. The number of carbonyl (C=O) groups excluding carboxylic acids is 1. The van der Waals surface area contributed by atoms with E-state index in [1.165, 1.54) is 0 Å². The third kappa shape index (κ3) is 6.08. The molecule has 1 amide bonds. The number of nitrogens with zero attached hydrogens (tertiary/aromatic N) is 1. The zero-order valence-corrected chi connectivity index (χ0v) is 11.2. The first-order chi connectivity index (χ1) is 8.37. The number of aryl methyl sites for hydroxylation is 1. The van der Waals surface area contributed by atoms with Crippen LogP contribution in [0.2, 0.25) is 0 Å². The second-order valence-corrected chi connectivity index (χ2v) is 5.09. The van der Waals surface area contributed by atoms with E-state index >= 15 is 0 Å². The zero-order chi connectivity index (χ0) is 13.6. The molecule has 1 rings (SSSR count). The molecule has 0 aliphatic rings. The largest absolute Gasteiger partial charge is 0.444 e. The minimum absolute atomic E-state index is 0.386. The fraction of sp³-hybridized carbons (Fsp3) is 0.538. The second kappa shape index (κ2) is 6.23. The third-order valence-corrected chi connectivity index (χ3v) is 2.11. The van der Waals surface area contributed by atoms with Crippen molar-refractivity contribution in [2.45, 2.75) is 39.2 Å². The molecule has 5 nitrogen and oxygen atoms in total. The Morgan fingerprint density at radius 1 is 1.44 bits per heavy atom. The summed E-state index contributed by atoms with van der Waals surface area (Å²) < 4.78 is 5.12. The Morgan fingerprint density at radius 3 is 2.78 bits per heavy atom. The fourth-order valence-corrected chi connectivity index (χ4v) is 1.41. The molecule has 0 radical (unpaired) electrons. The van der Waals surface area contributed by atoms with Crippen molar-refractivity contribution in [1.82, 2.24) is 10.3 Å². The van der Waals surface area contributed by atoms with E-state index in [2.05, 4.69) is 10.3 Å². The molecule has 1 heterocycles. The molecule has 0 aromatic carbocycles. The van der Waals surface area contributed by atoms with Gasteiger partial charge in [0.25, 0.3) is 0 Å². The number of nitrogens with two attached hydrogens (primary N) is 1. The lowest BCUT2D eigenvalue weighted by Crippen LogP contribution is -2.33. The van der Waals surface area contributed by atoms with E-state index in [0.717, 1.165) is 18.5 Å². The molecule has 0 unspecified atom stereocenters. The maximum atomic E-state index is 11.4. The summed E-state index contributed by atoms with van der Waals surface area (Å²) in [5.41, 5.74) is 6.05. The molecule has 0 aliphatic carbocycles. The van der Waals surface area contributed by atoms with Gasteiger partial charge in [-0.3, -0.25) is 0 Å². The maximum Gasteiger partial charge on any atom is 0.407 e. The van der Waals surface area contributed by atoms with Crippen LogP contribution in [-0.4, -0.2) is 23.2 Å². The Balaban J connectivity index is 2.21. The number of hydrogen-bond acceptors (Lipinski definition) is 4. The predicted octanol–water partition coefficient (Wildman–Crippen LogP) is 2.12. The molecule has 1 aromatic heterocycles. The van der Waals surface area contributed by atoms with Gasteiger partial charge >= 0.3 is 6.09 Å². The van der Waals surface area contributed by atoms with Gasteiger partial charge in [0.2, 0.25) is 0 Å². The van der Waals surface area contributed by atoms with Crippen LogP contribution in [0.4, 0.5) is 10.6 Å². The molecule has 5 heteroatoms. The number of alkyl carbamates (subject to hydrolysis) is 1. The third-order valence-electron chi connectivity index (χ3n) is 2.11. The molecule has 0 saturated carbocycles. The molecule has 1 aromatic rings. The molecule has 0 spiro atoms. The van der Waals surface area contributed by atoms with E-state index in [-0.39, 0.29) is 6.09 Å². The summed E-state index contributed by atoms with van der Waals surface area (Å²) in [6, 6.07) is 5.55. The minimum atomic E-state index is -0.459. The van der Waals surface area contributed by atoms with Crippen molar-refractivity contribution in [2.24, 2.45) is 0 Å². The minimum Gasteiger partial charge on any atom is -0.444 e. The number of pyridine rings is 1. The van der Waals surface area contributed by atoms with Crippen LogP contribution in [0.5, 0.6) is 0 Å². The smallest absolute Gasteiger partial charge is 0.407 e. The van der Waals surface area contributed by atoms with Crippen LogP contribution >= 0.6 is 0 Å². The van der Waals surface area contributed by atoms with Crippen LogP contribution < -0.4 is 11.1 Å². The van der Waals surface area contributed by atoms with E-state index in [1.807, 2.05) is 32.9 Å². The Hall–Kier alpha value is -1.78. The van der Waals surface area contributed by atoms with Gasteiger partial charge in [-0.1, -0.05) is 6.07 Å². The van der Waals surface area contributed by atoms with Gasteiger partial charge in [0.15, 0.2) is 0 Å². The van der Waals surface area contributed by atoms with E-state index in [9.17, 15) is 4.79 Å². The van der Waals surface area contributed by atoms with E-state index in [4.69, 9.17) is 10.5 Å². The summed E-state index contributed by atoms with van der Waals surface area (Å²) in [6.45, 7) is 6.07. The fourth-order valence-electron chi connectivity index (χ4n) is 1.41. The number of hydrogen-bond donors (Lipinski definition) is 2.